The number of methoxy groups -OCH3 is 1. The molecule has 0 radical (unpaired) electrons. The van der Waals surface area contributed by atoms with E-state index in [1.54, 1.807) is 30.3 Å². The van der Waals surface area contributed by atoms with E-state index in [-0.39, 0.29) is 12.4 Å². The van der Waals surface area contributed by atoms with Crippen LogP contribution in [0.3, 0.4) is 0 Å². The van der Waals surface area contributed by atoms with E-state index in [0.717, 1.165) is 0 Å². The summed E-state index contributed by atoms with van der Waals surface area (Å²) in [6.07, 6.45) is -0.0678. The molecule has 0 aliphatic heterocycles. The van der Waals surface area contributed by atoms with Crippen molar-refractivity contribution in [2.24, 2.45) is 0 Å². The lowest BCUT2D eigenvalue weighted by Crippen LogP contribution is -2.53. The second-order valence-corrected chi connectivity index (χ2v) is 9.52. The molecule has 0 fully saturated rings. The number of amides is 1. The normalized spacial score (nSPS) is 12.0. The van der Waals surface area contributed by atoms with Gasteiger partial charge in [-0.2, -0.15) is 22.5 Å². The topological polar surface area (TPSA) is 155 Å². The Hall–Kier alpha value is -3.51. The van der Waals surface area contributed by atoms with E-state index in [1.165, 1.54) is 34.1 Å². The molecule has 0 aliphatic carbocycles. The molecule has 3 N–H and O–H groups in total. The Labute approximate surface area is 184 Å². The van der Waals surface area contributed by atoms with E-state index in [9.17, 15) is 23.1 Å². The molecule has 0 saturated carbocycles. The molecule has 3 rings (SSSR count). The number of rotatable bonds is 6. The van der Waals surface area contributed by atoms with Gasteiger partial charge in [-0.15, -0.1) is 0 Å². The minimum absolute atomic E-state index is 0.101. The van der Waals surface area contributed by atoms with E-state index in [1.807, 2.05) is 0 Å². The van der Waals surface area contributed by atoms with Crippen LogP contribution >= 0.6 is 0 Å². The van der Waals surface area contributed by atoms with Gasteiger partial charge in [0.1, 0.15) is 5.39 Å². The standard InChI is InChI=1S/C20H23N5O6S/c1-20(2,3)25(19(27)28)32(29,30)22-10-12-5-7-13(8-6-12)15-9-14-11-21-24-17(26)16(14)18(23-15)31-4/h5-9,11,22H,10H2,1-4H3,(H,24,26)(H,27,28). The lowest BCUT2D eigenvalue weighted by molar-refractivity contribution is 0.145. The molecule has 0 spiro atoms. The summed E-state index contributed by atoms with van der Waals surface area (Å²) in [5.41, 5.74) is 0.311. The first-order valence-electron chi connectivity index (χ1n) is 9.48. The molecule has 1 aromatic carbocycles. The largest absolute Gasteiger partial charge is 0.480 e. The summed E-state index contributed by atoms with van der Waals surface area (Å²) in [6.45, 7) is 4.37. The van der Waals surface area contributed by atoms with Crippen LogP contribution in [0.2, 0.25) is 0 Å². The number of benzene rings is 1. The Kier molecular flexibility index (Phi) is 6.19. The zero-order valence-corrected chi connectivity index (χ0v) is 18.7. The van der Waals surface area contributed by atoms with Crippen molar-refractivity contribution in [2.45, 2.75) is 32.9 Å². The maximum atomic E-state index is 12.5. The van der Waals surface area contributed by atoms with E-state index in [2.05, 4.69) is 19.9 Å². The number of fused-ring (bicyclic) bond motifs is 1. The Bertz CT molecular complexity index is 1310. The number of hydrogen-bond acceptors (Lipinski definition) is 7. The number of aromatic nitrogens is 3. The van der Waals surface area contributed by atoms with Crippen LogP contribution in [-0.2, 0) is 16.8 Å². The highest BCUT2D eigenvalue weighted by Crippen LogP contribution is 2.27. The Morgan fingerprint density at radius 1 is 1.25 bits per heavy atom. The molecular weight excluding hydrogens is 438 g/mol. The highest BCUT2D eigenvalue weighted by Gasteiger charge is 2.36. The van der Waals surface area contributed by atoms with Crippen LogP contribution in [0, 0.1) is 0 Å². The smallest absolute Gasteiger partial charge is 0.422 e. The quantitative estimate of drug-likeness (QED) is 0.504. The van der Waals surface area contributed by atoms with Crippen molar-refractivity contribution in [3.63, 3.8) is 0 Å². The molecule has 0 saturated heterocycles. The molecular formula is C20H23N5O6S. The van der Waals surface area contributed by atoms with Gasteiger partial charge in [-0.3, -0.25) is 4.79 Å². The van der Waals surface area contributed by atoms with E-state index < -0.39 is 27.4 Å². The summed E-state index contributed by atoms with van der Waals surface area (Å²) < 4.78 is 32.9. The van der Waals surface area contributed by atoms with Crippen molar-refractivity contribution in [1.29, 1.82) is 0 Å². The number of hydrogen-bond donors (Lipinski definition) is 3. The molecule has 0 atom stereocenters. The molecule has 32 heavy (non-hydrogen) atoms. The van der Waals surface area contributed by atoms with Crippen LogP contribution in [0.25, 0.3) is 22.0 Å². The van der Waals surface area contributed by atoms with Crippen molar-refractivity contribution in [3.05, 3.63) is 52.4 Å². The summed E-state index contributed by atoms with van der Waals surface area (Å²) >= 11 is 0. The third-order valence-electron chi connectivity index (χ3n) is 4.54. The second kappa shape index (κ2) is 8.55. The first kappa shape index (κ1) is 23.2. The molecule has 3 aromatic rings. The minimum atomic E-state index is -4.26. The third kappa shape index (κ3) is 4.70. The highest BCUT2D eigenvalue weighted by atomic mass is 32.2. The number of ether oxygens (including phenoxy) is 1. The molecule has 11 nitrogen and oxygen atoms in total. The van der Waals surface area contributed by atoms with Gasteiger partial charge in [-0.05, 0) is 32.4 Å². The molecule has 170 valence electrons. The summed E-state index contributed by atoms with van der Waals surface area (Å²) in [5.74, 6) is 0.161. The fraction of sp³-hybridized carbons (Fsp3) is 0.300. The van der Waals surface area contributed by atoms with Crippen molar-refractivity contribution >= 4 is 27.1 Å². The van der Waals surface area contributed by atoms with E-state index in [0.29, 0.717) is 31.9 Å². The van der Waals surface area contributed by atoms with Gasteiger partial charge in [-0.1, -0.05) is 24.3 Å². The predicted molar refractivity (Wildman–Crippen MR) is 118 cm³/mol. The number of pyridine rings is 1. The average Bonchev–Trinajstić information content (AvgIpc) is 2.70. The maximum Gasteiger partial charge on any atom is 0.422 e. The Balaban J connectivity index is 1.84. The number of aromatic amines is 1. The number of nitrogens with zero attached hydrogens (tertiary/aromatic N) is 3. The van der Waals surface area contributed by atoms with Crippen LogP contribution in [0.5, 0.6) is 5.88 Å². The van der Waals surface area contributed by atoms with Gasteiger partial charge in [0.25, 0.3) is 5.56 Å². The van der Waals surface area contributed by atoms with Crippen molar-refractivity contribution in [1.82, 2.24) is 24.2 Å². The van der Waals surface area contributed by atoms with Crippen molar-refractivity contribution < 1.29 is 23.1 Å². The SMILES string of the molecule is COc1nc(-c2ccc(CNS(=O)(=O)N(C(=O)O)C(C)(C)C)cc2)cc2cn[nH]c(=O)c12. The molecule has 0 aliphatic rings. The number of carboxylic acid groups (broad SMARTS) is 1. The minimum Gasteiger partial charge on any atom is -0.480 e. The lowest BCUT2D eigenvalue weighted by Gasteiger charge is -2.31. The maximum absolute atomic E-state index is 12.5. The number of nitrogens with one attached hydrogen (secondary N) is 2. The van der Waals surface area contributed by atoms with E-state index in [4.69, 9.17) is 4.74 Å². The molecule has 0 unspecified atom stereocenters. The first-order valence-corrected chi connectivity index (χ1v) is 10.9. The summed E-state index contributed by atoms with van der Waals surface area (Å²) in [5, 5.41) is 16.3. The Morgan fingerprint density at radius 2 is 1.91 bits per heavy atom. The van der Waals surface area contributed by atoms with Gasteiger partial charge in [0.05, 0.1) is 24.5 Å². The average molecular weight is 462 g/mol. The van der Waals surface area contributed by atoms with Gasteiger partial charge in [0.2, 0.25) is 5.88 Å². The van der Waals surface area contributed by atoms with Crippen molar-refractivity contribution in [2.75, 3.05) is 7.11 Å². The third-order valence-corrected chi connectivity index (χ3v) is 6.23. The molecule has 1 amide bonds. The van der Waals surface area contributed by atoms with Gasteiger partial charge >= 0.3 is 16.3 Å². The lowest BCUT2D eigenvalue weighted by atomic mass is 10.1. The number of carbonyl (C=O) groups is 1. The van der Waals surface area contributed by atoms with E-state index >= 15 is 0 Å². The van der Waals surface area contributed by atoms with Crippen molar-refractivity contribution in [3.8, 4) is 17.1 Å². The zero-order chi connectivity index (χ0) is 23.7. The molecule has 2 heterocycles. The molecule has 12 heteroatoms. The van der Waals surface area contributed by atoms with Crippen LogP contribution in [0.4, 0.5) is 4.79 Å². The predicted octanol–water partition coefficient (Wildman–Crippen LogP) is 2.11. The first-order chi connectivity index (χ1) is 14.9. The fourth-order valence-corrected chi connectivity index (χ4v) is 4.57. The summed E-state index contributed by atoms with van der Waals surface area (Å²) in [6, 6.07) is 8.54. The summed E-state index contributed by atoms with van der Waals surface area (Å²) in [7, 11) is -2.85. The second-order valence-electron chi connectivity index (χ2n) is 7.92. The molecule has 2 aromatic heterocycles. The van der Waals surface area contributed by atoms with Gasteiger partial charge < -0.3 is 9.84 Å². The van der Waals surface area contributed by atoms with Crippen LogP contribution in [0.1, 0.15) is 26.3 Å². The van der Waals surface area contributed by atoms with Crippen LogP contribution < -0.4 is 15.0 Å². The molecule has 0 bridgehead atoms. The fourth-order valence-electron chi connectivity index (χ4n) is 3.17. The van der Waals surface area contributed by atoms with Crippen LogP contribution in [-0.4, -0.2) is 51.8 Å². The van der Waals surface area contributed by atoms with Gasteiger partial charge in [-0.25, -0.2) is 14.9 Å². The highest BCUT2D eigenvalue weighted by molar-refractivity contribution is 7.87. The number of H-pyrrole nitrogens is 1. The zero-order valence-electron chi connectivity index (χ0n) is 17.9. The van der Waals surface area contributed by atoms with Gasteiger partial charge in [0.15, 0.2) is 0 Å². The summed E-state index contributed by atoms with van der Waals surface area (Å²) in [4.78, 5) is 27.8. The monoisotopic (exact) mass is 461 g/mol. The van der Waals surface area contributed by atoms with Gasteiger partial charge in [0, 0.05) is 17.5 Å². The Morgan fingerprint density at radius 3 is 2.47 bits per heavy atom. The van der Waals surface area contributed by atoms with Crippen LogP contribution in [0.15, 0.2) is 41.3 Å².